The van der Waals surface area contributed by atoms with Gasteiger partial charge in [-0.05, 0) is 49.4 Å². The molecule has 142 valence electrons. The molecule has 3 rings (SSSR count). The number of urea groups is 1. The van der Waals surface area contributed by atoms with Crippen molar-refractivity contribution < 1.29 is 14.7 Å². The first-order chi connectivity index (χ1) is 13.1. The lowest BCUT2D eigenvalue weighted by atomic mass is 9.89. The molecular weight excluding hydrogens is 342 g/mol. The van der Waals surface area contributed by atoms with Crippen LogP contribution in [0, 0.1) is 0 Å². The third-order valence-electron chi connectivity index (χ3n) is 4.94. The monoisotopic (exact) mass is 367 g/mol. The second kappa shape index (κ2) is 8.58. The van der Waals surface area contributed by atoms with E-state index in [1.54, 1.807) is 12.1 Å². The summed E-state index contributed by atoms with van der Waals surface area (Å²) in [5.74, 6) is -0.468. The number of aromatic carboxylic acids is 1. The maximum atomic E-state index is 11.9. The molecule has 0 atom stereocenters. The van der Waals surface area contributed by atoms with Crippen LogP contribution < -0.4 is 15.5 Å². The predicted molar refractivity (Wildman–Crippen MR) is 107 cm³/mol. The van der Waals surface area contributed by atoms with Crippen LogP contribution in [-0.4, -0.2) is 36.7 Å². The number of piperidine rings is 1. The topological polar surface area (TPSA) is 81.7 Å². The summed E-state index contributed by atoms with van der Waals surface area (Å²) >= 11 is 0. The summed E-state index contributed by atoms with van der Waals surface area (Å²) in [4.78, 5) is 25.5. The summed E-state index contributed by atoms with van der Waals surface area (Å²) in [6, 6.07) is 15.0. The number of benzene rings is 2. The van der Waals surface area contributed by atoms with Gasteiger partial charge in [-0.2, -0.15) is 0 Å². The number of carbonyl (C=O) groups excluding carboxylic acids is 1. The Bertz CT molecular complexity index is 800. The molecule has 0 unspecified atom stereocenters. The SMILES string of the molecule is CCNC(=O)Nc1ccc(C(=O)O)cc1N1CCC(c2ccccc2)CC1. The number of nitrogens with zero attached hydrogens (tertiary/aromatic N) is 1. The maximum absolute atomic E-state index is 11.9. The van der Waals surface area contributed by atoms with Gasteiger partial charge in [-0.1, -0.05) is 30.3 Å². The lowest BCUT2D eigenvalue weighted by molar-refractivity contribution is 0.0697. The van der Waals surface area contributed by atoms with E-state index in [2.05, 4.69) is 39.8 Å². The van der Waals surface area contributed by atoms with Crippen molar-refractivity contribution in [3.05, 3.63) is 59.7 Å². The number of nitrogens with one attached hydrogen (secondary N) is 2. The zero-order chi connectivity index (χ0) is 19.2. The second-order valence-corrected chi connectivity index (χ2v) is 6.69. The van der Waals surface area contributed by atoms with Crippen molar-refractivity contribution in [2.24, 2.45) is 0 Å². The molecule has 2 aromatic carbocycles. The molecule has 27 heavy (non-hydrogen) atoms. The highest BCUT2D eigenvalue weighted by molar-refractivity contribution is 5.96. The van der Waals surface area contributed by atoms with Gasteiger partial charge in [0.2, 0.25) is 0 Å². The van der Waals surface area contributed by atoms with Gasteiger partial charge in [0.05, 0.1) is 16.9 Å². The fraction of sp³-hybridized carbons (Fsp3) is 0.333. The number of carboxylic acids is 1. The molecule has 3 N–H and O–H groups in total. The minimum Gasteiger partial charge on any atom is -0.478 e. The van der Waals surface area contributed by atoms with Gasteiger partial charge in [0, 0.05) is 19.6 Å². The van der Waals surface area contributed by atoms with Crippen molar-refractivity contribution >= 4 is 23.4 Å². The first-order valence-electron chi connectivity index (χ1n) is 9.30. The van der Waals surface area contributed by atoms with Crippen molar-refractivity contribution in [2.45, 2.75) is 25.7 Å². The fourth-order valence-corrected chi connectivity index (χ4v) is 3.54. The van der Waals surface area contributed by atoms with E-state index in [9.17, 15) is 14.7 Å². The van der Waals surface area contributed by atoms with Crippen LogP contribution >= 0.6 is 0 Å². The van der Waals surface area contributed by atoms with Crippen molar-refractivity contribution in [3.8, 4) is 0 Å². The first kappa shape index (κ1) is 18.8. The summed E-state index contributed by atoms with van der Waals surface area (Å²) in [7, 11) is 0. The Labute approximate surface area is 159 Å². The molecule has 2 amide bonds. The van der Waals surface area contributed by atoms with Gasteiger partial charge in [0.25, 0.3) is 0 Å². The average molecular weight is 367 g/mol. The van der Waals surface area contributed by atoms with Crippen LogP contribution in [0.2, 0.25) is 0 Å². The van der Waals surface area contributed by atoms with Crippen LogP contribution in [-0.2, 0) is 0 Å². The van der Waals surface area contributed by atoms with Crippen LogP contribution in [0.5, 0.6) is 0 Å². The number of hydrogen-bond acceptors (Lipinski definition) is 3. The van der Waals surface area contributed by atoms with E-state index in [-0.39, 0.29) is 11.6 Å². The van der Waals surface area contributed by atoms with E-state index < -0.39 is 5.97 Å². The van der Waals surface area contributed by atoms with Gasteiger partial charge < -0.3 is 20.6 Å². The Hall–Kier alpha value is -3.02. The van der Waals surface area contributed by atoms with Crippen LogP contribution in [0.15, 0.2) is 48.5 Å². The van der Waals surface area contributed by atoms with Gasteiger partial charge in [-0.25, -0.2) is 9.59 Å². The van der Waals surface area contributed by atoms with Crippen LogP contribution in [0.1, 0.15) is 41.6 Å². The van der Waals surface area contributed by atoms with E-state index in [0.29, 0.717) is 18.2 Å². The Kier molecular flexibility index (Phi) is 5.96. The fourth-order valence-electron chi connectivity index (χ4n) is 3.54. The van der Waals surface area contributed by atoms with Crippen LogP contribution in [0.25, 0.3) is 0 Å². The summed E-state index contributed by atoms with van der Waals surface area (Å²) in [6.07, 6.45) is 1.98. The molecule has 0 bridgehead atoms. The van der Waals surface area contributed by atoms with E-state index >= 15 is 0 Å². The molecule has 0 radical (unpaired) electrons. The summed E-state index contributed by atoms with van der Waals surface area (Å²) in [5, 5.41) is 14.9. The van der Waals surface area contributed by atoms with Crippen molar-refractivity contribution in [2.75, 3.05) is 29.9 Å². The lowest BCUT2D eigenvalue weighted by Crippen LogP contribution is -2.34. The molecule has 6 heteroatoms. The number of rotatable bonds is 5. The molecule has 1 saturated heterocycles. The lowest BCUT2D eigenvalue weighted by Gasteiger charge is -2.35. The molecule has 0 saturated carbocycles. The number of amides is 2. The second-order valence-electron chi connectivity index (χ2n) is 6.69. The van der Waals surface area contributed by atoms with Crippen molar-refractivity contribution in [3.63, 3.8) is 0 Å². The molecule has 0 spiro atoms. The molecule has 1 heterocycles. The highest BCUT2D eigenvalue weighted by atomic mass is 16.4. The number of carboxylic acid groups (broad SMARTS) is 1. The Morgan fingerprint density at radius 3 is 2.44 bits per heavy atom. The van der Waals surface area contributed by atoms with Gasteiger partial charge in [0.15, 0.2) is 0 Å². The third-order valence-corrected chi connectivity index (χ3v) is 4.94. The molecule has 1 aliphatic rings. The number of anilines is 2. The van der Waals surface area contributed by atoms with Gasteiger partial charge in [-0.15, -0.1) is 0 Å². The summed E-state index contributed by atoms with van der Waals surface area (Å²) < 4.78 is 0. The maximum Gasteiger partial charge on any atom is 0.335 e. The molecule has 0 aliphatic carbocycles. The Morgan fingerprint density at radius 1 is 1.11 bits per heavy atom. The Morgan fingerprint density at radius 2 is 1.81 bits per heavy atom. The van der Waals surface area contributed by atoms with Crippen LogP contribution in [0.4, 0.5) is 16.2 Å². The summed E-state index contributed by atoms with van der Waals surface area (Å²) in [6.45, 7) is 4.00. The highest BCUT2D eigenvalue weighted by Crippen LogP contribution is 2.34. The molecule has 1 aliphatic heterocycles. The first-order valence-corrected chi connectivity index (χ1v) is 9.30. The number of hydrogen-bond donors (Lipinski definition) is 3. The Balaban J connectivity index is 1.78. The van der Waals surface area contributed by atoms with E-state index in [1.165, 1.54) is 11.6 Å². The van der Waals surface area contributed by atoms with Gasteiger partial charge >= 0.3 is 12.0 Å². The minimum absolute atomic E-state index is 0.219. The molecule has 6 nitrogen and oxygen atoms in total. The molecular formula is C21H25N3O3. The standard InChI is InChI=1S/C21H25N3O3/c1-2-22-21(27)23-18-9-8-17(20(25)26)14-19(18)24-12-10-16(11-13-24)15-6-4-3-5-7-15/h3-9,14,16H,2,10-13H2,1H3,(H,25,26)(H2,22,23,27). The van der Waals surface area contributed by atoms with Gasteiger partial charge in [-0.3, -0.25) is 0 Å². The normalized spacial score (nSPS) is 14.6. The smallest absolute Gasteiger partial charge is 0.335 e. The molecule has 1 fully saturated rings. The van der Waals surface area contributed by atoms with Crippen molar-refractivity contribution in [1.29, 1.82) is 0 Å². The quantitative estimate of drug-likeness (QED) is 0.748. The summed E-state index contributed by atoms with van der Waals surface area (Å²) in [5.41, 5.74) is 2.95. The van der Waals surface area contributed by atoms with E-state index in [1.807, 2.05) is 13.0 Å². The zero-order valence-electron chi connectivity index (χ0n) is 15.4. The van der Waals surface area contributed by atoms with E-state index in [4.69, 9.17) is 0 Å². The van der Waals surface area contributed by atoms with Crippen molar-refractivity contribution in [1.82, 2.24) is 5.32 Å². The highest BCUT2D eigenvalue weighted by Gasteiger charge is 2.23. The third kappa shape index (κ3) is 4.58. The van der Waals surface area contributed by atoms with Crippen LogP contribution in [0.3, 0.4) is 0 Å². The molecule has 0 aromatic heterocycles. The zero-order valence-corrected chi connectivity index (χ0v) is 15.4. The van der Waals surface area contributed by atoms with E-state index in [0.717, 1.165) is 31.6 Å². The molecule has 2 aromatic rings. The largest absolute Gasteiger partial charge is 0.478 e. The number of carbonyl (C=O) groups is 2. The average Bonchev–Trinajstić information content (AvgIpc) is 2.69. The predicted octanol–water partition coefficient (Wildman–Crippen LogP) is 3.91. The van der Waals surface area contributed by atoms with Gasteiger partial charge in [0.1, 0.15) is 0 Å². The minimum atomic E-state index is -0.972.